The van der Waals surface area contributed by atoms with Crippen molar-refractivity contribution in [1.82, 2.24) is 4.90 Å². The zero-order chi connectivity index (χ0) is 17.3. The molecule has 23 heavy (non-hydrogen) atoms. The van der Waals surface area contributed by atoms with Gasteiger partial charge in [-0.3, -0.25) is 0 Å². The van der Waals surface area contributed by atoms with Crippen LogP contribution >= 0.6 is 12.2 Å². The molecule has 0 saturated carbocycles. The Labute approximate surface area is 134 Å². The van der Waals surface area contributed by atoms with Gasteiger partial charge in [0.2, 0.25) is 0 Å². The Morgan fingerprint density at radius 2 is 1.43 bits per heavy atom. The topological polar surface area (TPSA) is 15.3 Å². The van der Waals surface area contributed by atoms with Gasteiger partial charge in [0.15, 0.2) is 5.11 Å². The summed E-state index contributed by atoms with van der Waals surface area (Å²) in [7, 11) is 0. The standard InChI is InChI=1S/C14H14F6N2S/c15-13(16,17)9-6-10(14(18,19)20)8-22(7-9)12(23)21-11-4-2-1-3-5-11/h1-5,9-10H,6-8H2,(H,21,23)/t9-,10+. The maximum absolute atomic E-state index is 12.9. The molecule has 1 fully saturated rings. The summed E-state index contributed by atoms with van der Waals surface area (Å²) in [5.41, 5.74) is 0.509. The molecule has 1 saturated heterocycles. The van der Waals surface area contributed by atoms with E-state index in [1.54, 1.807) is 30.3 Å². The van der Waals surface area contributed by atoms with Gasteiger partial charge < -0.3 is 10.2 Å². The van der Waals surface area contributed by atoms with E-state index in [0.29, 0.717) is 5.69 Å². The van der Waals surface area contributed by atoms with E-state index in [1.165, 1.54) is 0 Å². The van der Waals surface area contributed by atoms with Crippen LogP contribution in [0.3, 0.4) is 0 Å². The third kappa shape index (κ3) is 4.73. The minimum Gasteiger partial charge on any atom is -0.348 e. The molecular formula is C14H14F6N2S. The zero-order valence-corrected chi connectivity index (χ0v) is 12.6. The van der Waals surface area contributed by atoms with E-state index in [9.17, 15) is 26.3 Å². The number of halogens is 6. The molecule has 1 aromatic carbocycles. The quantitative estimate of drug-likeness (QED) is 0.591. The highest BCUT2D eigenvalue weighted by Crippen LogP contribution is 2.41. The summed E-state index contributed by atoms with van der Waals surface area (Å²) in [5, 5.41) is 2.54. The third-order valence-electron chi connectivity index (χ3n) is 3.69. The van der Waals surface area contributed by atoms with Crippen LogP contribution in [0.5, 0.6) is 0 Å². The summed E-state index contributed by atoms with van der Waals surface area (Å²) in [5.74, 6) is -4.11. The number of hydrogen-bond donors (Lipinski definition) is 1. The molecule has 1 aliphatic rings. The summed E-state index contributed by atoms with van der Waals surface area (Å²) in [6.45, 7) is -1.15. The second-order valence-electron chi connectivity index (χ2n) is 5.41. The first-order chi connectivity index (χ1) is 10.6. The molecule has 1 heterocycles. The van der Waals surface area contributed by atoms with Crippen molar-refractivity contribution in [2.75, 3.05) is 18.4 Å². The molecule has 128 valence electrons. The fraction of sp³-hybridized carbons (Fsp3) is 0.500. The second kappa shape index (κ2) is 6.54. The van der Waals surface area contributed by atoms with Crippen LogP contribution in [0.2, 0.25) is 0 Å². The van der Waals surface area contributed by atoms with Crippen molar-refractivity contribution < 1.29 is 26.3 Å². The van der Waals surface area contributed by atoms with Crippen LogP contribution in [0.25, 0.3) is 0 Å². The minimum absolute atomic E-state index is 0.139. The van der Waals surface area contributed by atoms with Crippen LogP contribution in [-0.2, 0) is 0 Å². The van der Waals surface area contributed by atoms with E-state index in [2.05, 4.69) is 5.32 Å². The van der Waals surface area contributed by atoms with Crippen molar-refractivity contribution in [1.29, 1.82) is 0 Å². The smallest absolute Gasteiger partial charge is 0.348 e. The monoisotopic (exact) mass is 356 g/mol. The molecular weight excluding hydrogens is 342 g/mol. The van der Waals surface area contributed by atoms with Gasteiger partial charge in [0.05, 0.1) is 11.8 Å². The van der Waals surface area contributed by atoms with Crippen molar-refractivity contribution >= 4 is 23.0 Å². The van der Waals surface area contributed by atoms with Crippen LogP contribution in [0.15, 0.2) is 30.3 Å². The highest BCUT2D eigenvalue weighted by Gasteiger charge is 2.51. The summed E-state index contributed by atoms with van der Waals surface area (Å²) in [4.78, 5) is 0.947. The fourth-order valence-electron chi connectivity index (χ4n) is 2.46. The first-order valence-electron chi connectivity index (χ1n) is 6.82. The zero-order valence-electron chi connectivity index (χ0n) is 11.8. The SMILES string of the molecule is FC(F)(F)[C@@H]1C[C@H](C(F)(F)F)CN(C(=S)Nc2ccccc2)C1. The van der Waals surface area contributed by atoms with Crippen molar-refractivity contribution in [3.8, 4) is 0 Å². The molecule has 0 unspecified atom stereocenters. The average molecular weight is 356 g/mol. The van der Waals surface area contributed by atoms with Gasteiger partial charge in [-0.25, -0.2) is 0 Å². The molecule has 1 aliphatic heterocycles. The van der Waals surface area contributed by atoms with Gasteiger partial charge in [-0.05, 0) is 30.8 Å². The third-order valence-corrected chi connectivity index (χ3v) is 4.05. The predicted molar refractivity (Wildman–Crippen MR) is 77.9 cm³/mol. The molecule has 2 nitrogen and oxygen atoms in total. The Balaban J connectivity index is 2.14. The van der Waals surface area contributed by atoms with Gasteiger partial charge in [-0.15, -0.1) is 0 Å². The number of benzene rings is 1. The number of nitrogens with zero attached hydrogens (tertiary/aromatic N) is 1. The van der Waals surface area contributed by atoms with E-state index in [4.69, 9.17) is 12.2 Å². The van der Waals surface area contributed by atoms with Gasteiger partial charge in [0.1, 0.15) is 0 Å². The van der Waals surface area contributed by atoms with Gasteiger partial charge in [0.25, 0.3) is 0 Å². The first kappa shape index (κ1) is 17.8. The fourth-order valence-corrected chi connectivity index (χ4v) is 2.73. The Bertz CT molecular complexity index is 520. The van der Waals surface area contributed by atoms with E-state index < -0.39 is 43.7 Å². The van der Waals surface area contributed by atoms with Gasteiger partial charge >= 0.3 is 12.4 Å². The molecule has 1 N–H and O–H groups in total. The van der Waals surface area contributed by atoms with Crippen LogP contribution < -0.4 is 5.32 Å². The van der Waals surface area contributed by atoms with Gasteiger partial charge in [-0.2, -0.15) is 26.3 Å². The number of likely N-dealkylation sites (tertiary alicyclic amines) is 1. The second-order valence-corrected chi connectivity index (χ2v) is 5.80. The molecule has 2 atom stereocenters. The maximum atomic E-state index is 12.9. The number of piperidine rings is 1. The molecule has 0 aromatic heterocycles. The van der Waals surface area contributed by atoms with E-state index in [-0.39, 0.29) is 5.11 Å². The summed E-state index contributed by atoms with van der Waals surface area (Å²) >= 11 is 4.99. The normalized spacial score (nSPS) is 22.8. The number of hydrogen-bond acceptors (Lipinski definition) is 1. The molecule has 0 bridgehead atoms. The van der Waals surface area contributed by atoms with E-state index >= 15 is 0 Å². The summed E-state index contributed by atoms with van der Waals surface area (Å²) in [6, 6.07) is 8.34. The summed E-state index contributed by atoms with van der Waals surface area (Å²) < 4.78 is 77.5. The van der Waals surface area contributed by atoms with Crippen molar-refractivity contribution in [3.63, 3.8) is 0 Å². The molecule has 9 heteroatoms. The Kier molecular flexibility index (Phi) is 5.07. The Morgan fingerprint density at radius 1 is 0.957 bits per heavy atom. The average Bonchev–Trinajstić information content (AvgIpc) is 2.46. The molecule has 2 rings (SSSR count). The Morgan fingerprint density at radius 3 is 1.87 bits per heavy atom. The highest BCUT2D eigenvalue weighted by atomic mass is 32.1. The summed E-state index contributed by atoms with van der Waals surface area (Å²) in [6.07, 6.45) is -10.3. The maximum Gasteiger partial charge on any atom is 0.393 e. The Hall–Kier alpha value is -1.51. The number of thiocarbonyl (C=S) groups is 1. The van der Waals surface area contributed by atoms with Gasteiger partial charge in [-0.1, -0.05) is 18.2 Å². The van der Waals surface area contributed by atoms with Crippen LogP contribution in [0, 0.1) is 11.8 Å². The van der Waals surface area contributed by atoms with Crippen molar-refractivity contribution in [3.05, 3.63) is 30.3 Å². The van der Waals surface area contributed by atoms with E-state index in [1.807, 2.05) is 0 Å². The lowest BCUT2D eigenvalue weighted by Crippen LogP contribution is -2.52. The van der Waals surface area contributed by atoms with E-state index in [0.717, 1.165) is 4.90 Å². The number of anilines is 1. The highest BCUT2D eigenvalue weighted by molar-refractivity contribution is 7.80. The van der Waals surface area contributed by atoms with Crippen molar-refractivity contribution in [2.24, 2.45) is 11.8 Å². The molecule has 0 aliphatic carbocycles. The van der Waals surface area contributed by atoms with Crippen LogP contribution in [0.1, 0.15) is 6.42 Å². The number of nitrogens with one attached hydrogen (secondary N) is 1. The lowest BCUT2D eigenvalue weighted by molar-refractivity contribution is -0.225. The van der Waals surface area contributed by atoms with Crippen LogP contribution in [0.4, 0.5) is 32.0 Å². The number of alkyl halides is 6. The minimum atomic E-state index is -4.69. The largest absolute Gasteiger partial charge is 0.393 e. The lowest BCUT2D eigenvalue weighted by atomic mass is 9.88. The molecule has 1 aromatic rings. The van der Waals surface area contributed by atoms with Gasteiger partial charge in [0, 0.05) is 18.8 Å². The predicted octanol–water partition coefficient (Wildman–Crippen LogP) is 4.45. The molecule has 0 spiro atoms. The first-order valence-corrected chi connectivity index (χ1v) is 7.22. The number of rotatable bonds is 1. The van der Waals surface area contributed by atoms with Crippen LogP contribution in [-0.4, -0.2) is 35.5 Å². The molecule has 0 radical (unpaired) electrons. The van der Waals surface area contributed by atoms with Crippen molar-refractivity contribution in [2.45, 2.75) is 18.8 Å². The number of para-hydroxylation sites is 1. The molecule has 0 amide bonds. The lowest BCUT2D eigenvalue weighted by Gasteiger charge is -2.40.